The molecule has 0 fully saturated rings. The molecule has 1 aromatic carbocycles. The van der Waals surface area contributed by atoms with Gasteiger partial charge in [-0.15, -0.1) is 0 Å². The number of aryl methyl sites for hydroxylation is 1. The molecule has 0 saturated heterocycles. The van der Waals surface area contributed by atoms with Gasteiger partial charge >= 0.3 is 0 Å². The van der Waals surface area contributed by atoms with Crippen LogP contribution in [0.5, 0.6) is 0 Å². The maximum Gasteiger partial charge on any atom is 0.256 e. The highest BCUT2D eigenvalue weighted by Gasteiger charge is 2.25. The smallest absolute Gasteiger partial charge is 0.256 e. The summed E-state index contributed by atoms with van der Waals surface area (Å²) in [5, 5.41) is 2.78. The molecule has 126 valence electrons. The first kappa shape index (κ1) is 16.3. The molecule has 0 saturated carbocycles. The first-order valence-corrected chi connectivity index (χ1v) is 8.23. The Bertz CT molecular complexity index is 831. The van der Waals surface area contributed by atoms with Crippen molar-refractivity contribution in [3.05, 3.63) is 46.5 Å². The van der Waals surface area contributed by atoms with E-state index in [9.17, 15) is 9.18 Å². The average Bonchev–Trinajstić information content (AvgIpc) is 3.00. The molecule has 1 amide bonds. The summed E-state index contributed by atoms with van der Waals surface area (Å²) in [5.74, 6) is -0.550. The third-order valence-electron chi connectivity index (χ3n) is 4.57. The predicted octanol–water partition coefficient (Wildman–Crippen LogP) is 4.11. The largest absolute Gasteiger partial charge is 0.370 e. The topological polar surface area (TPSA) is 48.1 Å². The molecular formula is C19H22FN3O. The molecule has 0 spiro atoms. The highest BCUT2D eigenvalue weighted by Crippen LogP contribution is 2.35. The van der Waals surface area contributed by atoms with Crippen LogP contribution >= 0.6 is 0 Å². The lowest BCUT2D eigenvalue weighted by molar-refractivity contribution is -0.110. The second-order valence-electron chi connectivity index (χ2n) is 6.01. The monoisotopic (exact) mass is 327 g/mol. The zero-order valence-corrected chi connectivity index (χ0v) is 14.5. The van der Waals surface area contributed by atoms with E-state index < -0.39 is 0 Å². The number of hydrogen-bond acceptors (Lipinski definition) is 2. The van der Waals surface area contributed by atoms with Gasteiger partial charge in [-0.2, -0.15) is 0 Å². The van der Waals surface area contributed by atoms with Crippen molar-refractivity contribution in [3.8, 4) is 0 Å². The lowest BCUT2D eigenvalue weighted by Crippen LogP contribution is -2.22. The molecule has 0 unspecified atom stereocenters. The van der Waals surface area contributed by atoms with Crippen molar-refractivity contribution in [1.29, 1.82) is 0 Å². The second-order valence-corrected chi connectivity index (χ2v) is 6.01. The standard InChI is InChI=1S/C19H22FN3O/c1-5-23(6-2)18-11(3)17(21-12(18)4)10-15-14-9-13(20)7-8-16(14)22-19(15)24/h7-10,21H,5-6H2,1-4H3,(H,22,24)/b15-10-. The molecule has 1 aromatic heterocycles. The van der Waals surface area contributed by atoms with Gasteiger partial charge in [-0.3, -0.25) is 4.79 Å². The Morgan fingerprint density at radius 2 is 1.92 bits per heavy atom. The third kappa shape index (κ3) is 2.60. The Balaban J connectivity index is 2.09. The number of amides is 1. The number of aromatic nitrogens is 1. The van der Waals surface area contributed by atoms with Crippen molar-refractivity contribution < 1.29 is 9.18 Å². The van der Waals surface area contributed by atoms with Crippen LogP contribution in [0.3, 0.4) is 0 Å². The van der Waals surface area contributed by atoms with Gasteiger partial charge in [0.25, 0.3) is 5.91 Å². The van der Waals surface area contributed by atoms with Gasteiger partial charge in [0.2, 0.25) is 0 Å². The second kappa shape index (κ2) is 6.15. The molecule has 2 aromatic rings. The Kier molecular flexibility index (Phi) is 4.18. The van der Waals surface area contributed by atoms with Crippen molar-refractivity contribution in [3.63, 3.8) is 0 Å². The van der Waals surface area contributed by atoms with Crippen molar-refractivity contribution >= 4 is 28.9 Å². The molecular weight excluding hydrogens is 305 g/mol. The predicted molar refractivity (Wildman–Crippen MR) is 96.7 cm³/mol. The SMILES string of the molecule is CCN(CC)c1c(C)[nH]c(/C=C2\C(=O)Nc3ccc(F)cc32)c1C. The first-order valence-electron chi connectivity index (χ1n) is 8.23. The third-order valence-corrected chi connectivity index (χ3v) is 4.57. The molecule has 4 nitrogen and oxygen atoms in total. The van der Waals surface area contributed by atoms with Gasteiger partial charge < -0.3 is 15.2 Å². The van der Waals surface area contributed by atoms with E-state index in [4.69, 9.17) is 0 Å². The summed E-state index contributed by atoms with van der Waals surface area (Å²) in [5.41, 5.74) is 5.97. The number of rotatable bonds is 4. The van der Waals surface area contributed by atoms with Gasteiger partial charge in [0, 0.05) is 35.7 Å². The maximum atomic E-state index is 13.6. The first-order chi connectivity index (χ1) is 11.5. The molecule has 0 bridgehead atoms. The number of aromatic amines is 1. The van der Waals surface area contributed by atoms with E-state index in [2.05, 4.69) is 29.0 Å². The zero-order valence-electron chi connectivity index (χ0n) is 14.5. The van der Waals surface area contributed by atoms with Gasteiger partial charge in [0.05, 0.1) is 11.3 Å². The number of nitrogens with one attached hydrogen (secondary N) is 2. The van der Waals surface area contributed by atoms with E-state index in [0.29, 0.717) is 16.8 Å². The van der Waals surface area contributed by atoms with Crippen LogP contribution in [-0.2, 0) is 4.79 Å². The summed E-state index contributed by atoms with van der Waals surface area (Å²) < 4.78 is 13.6. The number of halogens is 1. The minimum Gasteiger partial charge on any atom is -0.370 e. The van der Waals surface area contributed by atoms with Crippen LogP contribution < -0.4 is 10.2 Å². The van der Waals surface area contributed by atoms with Crippen molar-refractivity contribution in [1.82, 2.24) is 4.98 Å². The number of H-pyrrole nitrogens is 1. The Morgan fingerprint density at radius 3 is 2.58 bits per heavy atom. The van der Waals surface area contributed by atoms with Crippen molar-refractivity contribution in [2.45, 2.75) is 27.7 Å². The Labute approximate surface area is 141 Å². The molecule has 2 N–H and O–H groups in total. The number of anilines is 2. The van der Waals surface area contributed by atoms with E-state index >= 15 is 0 Å². The number of nitrogens with zero attached hydrogens (tertiary/aromatic N) is 1. The van der Waals surface area contributed by atoms with Crippen LogP contribution in [0.25, 0.3) is 11.6 Å². The van der Waals surface area contributed by atoms with E-state index in [1.807, 2.05) is 19.9 Å². The molecule has 1 aliphatic heterocycles. The van der Waals surface area contributed by atoms with E-state index in [1.165, 1.54) is 17.8 Å². The molecule has 24 heavy (non-hydrogen) atoms. The van der Waals surface area contributed by atoms with Gasteiger partial charge in [0.15, 0.2) is 0 Å². The van der Waals surface area contributed by atoms with Gasteiger partial charge in [0.1, 0.15) is 5.82 Å². The fraction of sp³-hybridized carbons (Fsp3) is 0.316. The fourth-order valence-corrected chi connectivity index (χ4v) is 3.37. The quantitative estimate of drug-likeness (QED) is 0.830. The van der Waals surface area contributed by atoms with E-state index in [-0.39, 0.29) is 11.7 Å². The number of carbonyl (C=O) groups excluding carboxylic acids is 1. The van der Waals surface area contributed by atoms with Crippen LogP contribution in [0.15, 0.2) is 18.2 Å². The summed E-state index contributed by atoms with van der Waals surface area (Å²) in [6.07, 6.45) is 1.82. The lowest BCUT2D eigenvalue weighted by atomic mass is 10.0. The number of fused-ring (bicyclic) bond motifs is 1. The highest BCUT2D eigenvalue weighted by atomic mass is 19.1. The minimum atomic E-state index is -0.348. The average molecular weight is 327 g/mol. The van der Waals surface area contributed by atoms with Gasteiger partial charge in [-0.25, -0.2) is 4.39 Å². The molecule has 1 aliphatic rings. The van der Waals surface area contributed by atoms with Crippen LogP contribution in [0.4, 0.5) is 15.8 Å². The Hall–Kier alpha value is -2.56. The van der Waals surface area contributed by atoms with Crippen LogP contribution in [-0.4, -0.2) is 24.0 Å². The van der Waals surface area contributed by atoms with Gasteiger partial charge in [-0.05, 0) is 57.5 Å². The van der Waals surface area contributed by atoms with E-state index in [0.717, 1.165) is 30.0 Å². The fourth-order valence-electron chi connectivity index (χ4n) is 3.37. The highest BCUT2D eigenvalue weighted by molar-refractivity contribution is 6.34. The normalized spacial score (nSPS) is 14.9. The molecule has 0 aliphatic carbocycles. The maximum absolute atomic E-state index is 13.6. The van der Waals surface area contributed by atoms with Crippen molar-refractivity contribution in [2.24, 2.45) is 0 Å². The van der Waals surface area contributed by atoms with E-state index in [1.54, 1.807) is 6.07 Å². The summed E-state index contributed by atoms with van der Waals surface area (Å²) in [4.78, 5) is 17.9. The number of hydrogen-bond donors (Lipinski definition) is 2. The summed E-state index contributed by atoms with van der Waals surface area (Å²) in [6.45, 7) is 10.2. The molecule has 5 heteroatoms. The summed E-state index contributed by atoms with van der Waals surface area (Å²) in [7, 11) is 0. The summed E-state index contributed by atoms with van der Waals surface area (Å²) >= 11 is 0. The minimum absolute atomic E-state index is 0.202. The van der Waals surface area contributed by atoms with Crippen LogP contribution in [0.1, 0.15) is 36.4 Å². The number of carbonyl (C=O) groups is 1. The molecule has 0 atom stereocenters. The zero-order chi connectivity index (χ0) is 17.4. The number of benzene rings is 1. The lowest BCUT2D eigenvalue weighted by Gasteiger charge is -2.21. The van der Waals surface area contributed by atoms with Crippen LogP contribution in [0, 0.1) is 19.7 Å². The molecule has 3 rings (SSSR count). The molecule has 2 heterocycles. The molecule has 0 radical (unpaired) electrons. The summed E-state index contributed by atoms with van der Waals surface area (Å²) in [6, 6.07) is 4.34. The van der Waals surface area contributed by atoms with Crippen LogP contribution in [0.2, 0.25) is 0 Å². The van der Waals surface area contributed by atoms with Gasteiger partial charge in [-0.1, -0.05) is 0 Å². The Morgan fingerprint density at radius 1 is 1.21 bits per heavy atom. The van der Waals surface area contributed by atoms with Crippen molar-refractivity contribution in [2.75, 3.05) is 23.3 Å².